The van der Waals surface area contributed by atoms with Crippen LogP contribution in [0.5, 0.6) is 0 Å². The number of rotatable bonds is 4. The van der Waals surface area contributed by atoms with Crippen LogP contribution in [0.1, 0.15) is 19.3 Å². The molecule has 1 amide bonds. The second kappa shape index (κ2) is 5.98. The van der Waals surface area contributed by atoms with E-state index < -0.39 is 58.9 Å². The zero-order valence-corrected chi connectivity index (χ0v) is 11.2. The Morgan fingerprint density at radius 2 is 1.90 bits per heavy atom. The van der Waals surface area contributed by atoms with E-state index >= 15 is 0 Å². The first-order valence-electron chi connectivity index (χ1n) is 5.78. The second-order valence-corrected chi connectivity index (χ2v) is 6.80. The molecule has 1 N–H and O–H groups in total. The standard InChI is InChI=1S/C10H14F3NO5S/c11-10(12,13)2-1-8(15)14-3-4-20(18,19)6-7(14)5-9(16)17/h7H,1-6H2,(H,16,17). The first-order chi connectivity index (χ1) is 9.00. The Bertz CT molecular complexity index is 488. The van der Waals surface area contributed by atoms with Gasteiger partial charge in [0.2, 0.25) is 5.91 Å². The summed E-state index contributed by atoms with van der Waals surface area (Å²) in [5, 5.41) is 8.68. The van der Waals surface area contributed by atoms with Gasteiger partial charge in [0, 0.05) is 13.0 Å². The molecule has 1 aliphatic heterocycles. The normalized spacial score (nSPS) is 22.6. The Morgan fingerprint density at radius 1 is 1.30 bits per heavy atom. The lowest BCUT2D eigenvalue weighted by molar-refractivity contribution is -0.151. The van der Waals surface area contributed by atoms with Crippen LogP contribution in [0, 0.1) is 0 Å². The van der Waals surface area contributed by atoms with Gasteiger partial charge in [-0.05, 0) is 0 Å². The summed E-state index contributed by atoms with van der Waals surface area (Å²) >= 11 is 0. The van der Waals surface area contributed by atoms with Crippen molar-refractivity contribution in [3.63, 3.8) is 0 Å². The van der Waals surface area contributed by atoms with Gasteiger partial charge in [-0.2, -0.15) is 13.2 Å². The monoisotopic (exact) mass is 317 g/mol. The van der Waals surface area contributed by atoms with Crippen molar-refractivity contribution < 1.29 is 36.3 Å². The third-order valence-electron chi connectivity index (χ3n) is 2.88. The quantitative estimate of drug-likeness (QED) is 0.812. The lowest BCUT2D eigenvalue weighted by Crippen LogP contribution is -2.52. The molecule has 0 aromatic carbocycles. The lowest BCUT2D eigenvalue weighted by atomic mass is 10.1. The van der Waals surface area contributed by atoms with Crippen LogP contribution in [0.4, 0.5) is 13.2 Å². The number of nitrogens with zero attached hydrogens (tertiary/aromatic N) is 1. The van der Waals surface area contributed by atoms with E-state index in [0.29, 0.717) is 0 Å². The van der Waals surface area contributed by atoms with Crippen molar-refractivity contribution >= 4 is 21.7 Å². The molecule has 0 saturated carbocycles. The number of hydrogen-bond donors (Lipinski definition) is 1. The average Bonchev–Trinajstić information content (AvgIpc) is 2.23. The Balaban J connectivity index is 2.74. The number of sulfone groups is 1. The van der Waals surface area contributed by atoms with E-state index in [9.17, 15) is 31.2 Å². The van der Waals surface area contributed by atoms with Gasteiger partial charge in [0.15, 0.2) is 9.84 Å². The number of carboxylic acids is 1. The summed E-state index contributed by atoms with van der Waals surface area (Å²) in [5.74, 6) is -3.07. The molecule has 1 fully saturated rings. The molecule has 0 spiro atoms. The van der Waals surface area contributed by atoms with Gasteiger partial charge in [0.1, 0.15) is 0 Å². The van der Waals surface area contributed by atoms with E-state index in [-0.39, 0.29) is 12.3 Å². The maximum absolute atomic E-state index is 12.1. The zero-order valence-electron chi connectivity index (χ0n) is 10.4. The molecule has 20 heavy (non-hydrogen) atoms. The van der Waals surface area contributed by atoms with Gasteiger partial charge < -0.3 is 10.0 Å². The molecule has 0 radical (unpaired) electrons. The van der Waals surface area contributed by atoms with Crippen LogP contribution in [0.2, 0.25) is 0 Å². The van der Waals surface area contributed by atoms with Crippen molar-refractivity contribution in [2.45, 2.75) is 31.5 Å². The number of amides is 1. The summed E-state index contributed by atoms with van der Waals surface area (Å²) in [6, 6.07) is -1.10. The van der Waals surface area contributed by atoms with Crippen LogP contribution >= 0.6 is 0 Å². The minimum absolute atomic E-state index is 0.267. The fraction of sp³-hybridized carbons (Fsp3) is 0.800. The fourth-order valence-corrected chi connectivity index (χ4v) is 3.50. The number of carbonyl (C=O) groups is 2. The molecule has 10 heteroatoms. The molecule has 116 valence electrons. The van der Waals surface area contributed by atoms with Gasteiger partial charge in [-0.1, -0.05) is 0 Å². The fourth-order valence-electron chi connectivity index (χ4n) is 1.98. The topological polar surface area (TPSA) is 91.8 Å². The van der Waals surface area contributed by atoms with Crippen LogP contribution in [0.25, 0.3) is 0 Å². The number of carboxylic acid groups (broad SMARTS) is 1. The molecular weight excluding hydrogens is 303 g/mol. The minimum Gasteiger partial charge on any atom is -0.481 e. The third kappa shape index (κ3) is 5.35. The summed E-state index contributed by atoms with van der Waals surface area (Å²) in [4.78, 5) is 23.3. The van der Waals surface area contributed by atoms with Crippen molar-refractivity contribution in [3.8, 4) is 0 Å². The van der Waals surface area contributed by atoms with E-state index in [2.05, 4.69) is 0 Å². The second-order valence-electron chi connectivity index (χ2n) is 4.57. The van der Waals surface area contributed by atoms with Crippen molar-refractivity contribution in [1.29, 1.82) is 0 Å². The summed E-state index contributed by atoms with van der Waals surface area (Å²) in [5.41, 5.74) is 0. The van der Waals surface area contributed by atoms with Crippen LogP contribution in [-0.4, -0.2) is 60.6 Å². The molecule has 0 bridgehead atoms. The van der Waals surface area contributed by atoms with Crippen LogP contribution in [0.3, 0.4) is 0 Å². The number of alkyl halides is 3. The maximum Gasteiger partial charge on any atom is 0.389 e. The average molecular weight is 317 g/mol. The molecule has 0 aromatic rings. The van der Waals surface area contributed by atoms with Gasteiger partial charge in [0.05, 0.1) is 30.4 Å². The lowest BCUT2D eigenvalue weighted by Gasteiger charge is -2.34. The SMILES string of the molecule is O=C(O)CC1CS(=O)(=O)CCN1C(=O)CCC(F)(F)F. The van der Waals surface area contributed by atoms with Crippen molar-refractivity contribution in [2.75, 3.05) is 18.1 Å². The van der Waals surface area contributed by atoms with Gasteiger partial charge in [-0.25, -0.2) is 8.42 Å². The number of hydrogen-bond acceptors (Lipinski definition) is 4. The van der Waals surface area contributed by atoms with E-state index in [0.717, 1.165) is 4.90 Å². The van der Waals surface area contributed by atoms with Gasteiger partial charge in [0.25, 0.3) is 0 Å². The third-order valence-corrected chi connectivity index (χ3v) is 4.58. The van der Waals surface area contributed by atoms with Crippen molar-refractivity contribution in [3.05, 3.63) is 0 Å². The Hall–Kier alpha value is -1.32. The molecular formula is C10H14F3NO5S. The van der Waals surface area contributed by atoms with Gasteiger partial charge in [-0.3, -0.25) is 9.59 Å². The highest BCUT2D eigenvalue weighted by molar-refractivity contribution is 7.91. The highest BCUT2D eigenvalue weighted by Crippen LogP contribution is 2.23. The zero-order chi connectivity index (χ0) is 15.6. The molecule has 1 aliphatic rings. The molecule has 1 rings (SSSR count). The molecule has 1 saturated heterocycles. The Labute approximate surface area is 113 Å². The Kier molecular flexibility index (Phi) is 5.00. The summed E-state index contributed by atoms with van der Waals surface area (Å²) < 4.78 is 59.0. The van der Waals surface area contributed by atoms with Crippen LogP contribution in [0.15, 0.2) is 0 Å². The number of carbonyl (C=O) groups excluding carboxylic acids is 1. The molecule has 0 aromatic heterocycles. The van der Waals surface area contributed by atoms with Gasteiger partial charge >= 0.3 is 12.1 Å². The van der Waals surface area contributed by atoms with E-state index in [4.69, 9.17) is 5.11 Å². The minimum atomic E-state index is -4.49. The predicted octanol–water partition coefficient (Wildman–Crippen LogP) is 0.429. The predicted molar refractivity (Wildman–Crippen MR) is 61.7 cm³/mol. The largest absolute Gasteiger partial charge is 0.481 e. The summed E-state index contributed by atoms with van der Waals surface area (Å²) in [6.07, 6.45) is -7.20. The van der Waals surface area contributed by atoms with Gasteiger partial charge in [-0.15, -0.1) is 0 Å². The molecule has 1 unspecified atom stereocenters. The first kappa shape index (κ1) is 16.7. The van der Waals surface area contributed by atoms with E-state index in [1.807, 2.05) is 0 Å². The van der Waals surface area contributed by atoms with E-state index in [1.165, 1.54) is 0 Å². The summed E-state index contributed by atoms with van der Waals surface area (Å²) in [6.45, 7) is -0.267. The Morgan fingerprint density at radius 3 is 2.40 bits per heavy atom. The first-order valence-corrected chi connectivity index (χ1v) is 7.61. The molecule has 1 atom stereocenters. The van der Waals surface area contributed by atoms with Crippen molar-refractivity contribution in [2.24, 2.45) is 0 Å². The number of halogens is 3. The van der Waals surface area contributed by atoms with E-state index in [1.54, 1.807) is 0 Å². The van der Waals surface area contributed by atoms with Crippen LogP contribution < -0.4 is 0 Å². The maximum atomic E-state index is 12.1. The number of aliphatic carboxylic acids is 1. The smallest absolute Gasteiger partial charge is 0.389 e. The molecule has 1 heterocycles. The van der Waals surface area contributed by atoms with Crippen LogP contribution in [-0.2, 0) is 19.4 Å². The molecule has 6 nitrogen and oxygen atoms in total. The highest BCUT2D eigenvalue weighted by atomic mass is 32.2. The van der Waals surface area contributed by atoms with Crippen molar-refractivity contribution in [1.82, 2.24) is 4.90 Å². The summed E-state index contributed by atoms with van der Waals surface area (Å²) in [7, 11) is -3.47. The highest BCUT2D eigenvalue weighted by Gasteiger charge is 2.36. The molecule has 0 aliphatic carbocycles.